The van der Waals surface area contributed by atoms with Crippen LogP contribution >= 0.6 is 0 Å². The van der Waals surface area contributed by atoms with E-state index < -0.39 is 53.5 Å². The Labute approximate surface area is 190 Å². The van der Waals surface area contributed by atoms with Crippen LogP contribution in [0.1, 0.15) is 47.6 Å². The molecule has 2 heterocycles. The van der Waals surface area contributed by atoms with Crippen LogP contribution < -0.4 is 5.73 Å². The first-order chi connectivity index (χ1) is 15.8. The molecule has 0 aromatic heterocycles. The number of fused-ring (bicyclic) bond motifs is 1. The Kier molecular flexibility index (Phi) is 6.14. The second kappa shape index (κ2) is 8.53. The zero-order valence-electron chi connectivity index (χ0n) is 17.8. The van der Waals surface area contributed by atoms with Crippen LogP contribution in [0.3, 0.4) is 0 Å². The van der Waals surface area contributed by atoms with E-state index in [9.17, 15) is 35.5 Å². The molecular weight excluding hydrogens is 469 g/mol. The number of halogens is 7. The minimum absolute atomic E-state index is 0.0588. The molecule has 2 aromatic rings. The molecule has 0 spiro atoms. The fourth-order valence-corrected chi connectivity index (χ4v) is 4.79. The number of rotatable bonds is 4. The lowest BCUT2D eigenvalue weighted by molar-refractivity contribution is -0.143. The lowest BCUT2D eigenvalue weighted by Crippen LogP contribution is -2.36. The molecule has 34 heavy (non-hydrogen) atoms. The topological polar surface area (TPSA) is 55.6 Å². The molecule has 0 saturated carbocycles. The van der Waals surface area contributed by atoms with E-state index in [2.05, 4.69) is 0 Å². The molecule has 11 heteroatoms. The minimum Gasteiger partial charge on any atom is -0.368 e. The van der Waals surface area contributed by atoms with Gasteiger partial charge in [0.2, 0.25) is 5.91 Å². The molecule has 4 rings (SSSR count). The second-order valence-electron chi connectivity index (χ2n) is 8.63. The summed E-state index contributed by atoms with van der Waals surface area (Å²) in [6, 6.07) is 5.73. The van der Waals surface area contributed by atoms with Gasteiger partial charge < -0.3 is 15.4 Å². The molecular formula is C23H21F7N2O2. The molecule has 0 bridgehead atoms. The summed E-state index contributed by atoms with van der Waals surface area (Å²) in [5.74, 6) is -1.27. The average molecular weight is 490 g/mol. The highest BCUT2D eigenvalue weighted by molar-refractivity contribution is 5.85. The third-order valence-corrected chi connectivity index (χ3v) is 6.40. The number of benzene rings is 2. The lowest BCUT2D eigenvalue weighted by Gasteiger charge is -2.27. The van der Waals surface area contributed by atoms with E-state index in [0.29, 0.717) is 24.1 Å². The molecule has 2 aliphatic rings. The van der Waals surface area contributed by atoms with Crippen molar-refractivity contribution in [2.45, 2.75) is 55.9 Å². The van der Waals surface area contributed by atoms with Crippen molar-refractivity contribution >= 4 is 5.91 Å². The molecule has 5 atom stereocenters. The largest absolute Gasteiger partial charge is 0.416 e. The summed E-state index contributed by atoms with van der Waals surface area (Å²) in [4.78, 5) is 14.0. The summed E-state index contributed by atoms with van der Waals surface area (Å²) < 4.78 is 99.0. The smallest absolute Gasteiger partial charge is 0.368 e. The Balaban J connectivity index is 1.67. The summed E-state index contributed by atoms with van der Waals surface area (Å²) in [5.41, 5.74) is 3.35. The van der Waals surface area contributed by atoms with Gasteiger partial charge in [0.1, 0.15) is 5.82 Å². The maximum absolute atomic E-state index is 13.5. The third-order valence-electron chi connectivity index (χ3n) is 6.40. The van der Waals surface area contributed by atoms with Gasteiger partial charge in [0.15, 0.2) is 0 Å². The Morgan fingerprint density at radius 3 is 2.09 bits per heavy atom. The molecule has 184 valence electrons. The van der Waals surface area contributed by atoms with E-state index in [0.717, 1.165) is 0 Å². The summed E-state index contributed by atoms with van der Waals surface area (Å²) in [7, 11) is 0. The molecule has 2 unspecified atom stereocenters. The van der Waals surface area contributed by atoms with Crippen LogP contribution in [0.4, 0.5) is 30.7 Å². The van der Waals surface area contributed by atoms with E-state index in [4.69, 9.17) is 10.5 Å². The Bertz CT molecular complexity index is 1040. The average Bonchev–Trinajstić information content (AvgIpc) is 3.22. The molecule has 4 nitrogen and oxygen atoms in total. The standard InChI is InChI=1S/C23H21F7N2O2/c1-11(13-6-14(22(25,26)27)8-15(7-13)23(28,29)30)34-19-10-32-18(9-17(31)21(32)33)20(19)12-2-4-16(24)5-3-12/h2-8,11,17-20H,9-10,31H2,1H3/t11-,17?,18+,19+,20?/m1/s1. The predicted octanol–water partition coefficient (Wildman–Crippen LogP) is 5.04. The quantitative estimate of drug-likeness (QED) is 0.612. The molecule has 0 radical (unpaired) electrons. The van der Waals surface area contributed by atoms with Gasteiger partial charge in [0.05, 0.1) is 29.4 Å². The number of amides is 1. The highest BCUT2D eigenvalue weighted by atomic mass is 19.4. The highest BCUT2D eigenvalue weighted by Crippen LogP contribution is 2.44. The van der Waals surface area contributed by atoms with Gasteiger partial charge >= 0.3 is 12.4 Å². The number of nitrogens with two attached hydrogens (primary N) is 1. The number of hydrogen-bond acceptors (Lipinski definition) is 3. The van der Waals surface area contributed by atoms with Gasteiger partial charge in [0, 0.05) is 18.5 Å². The van der Waals surface area contributed by atoms with Crippen molar-refractivity contribution in [2.75, 3.05) is 6.54 Å². The first-order valence-corrected chi connectivity index (χ1v) is 10.5. The van der Waals surface area contributed by atoms with E-state index in [1.54, 1.807) is 0 Å². The van der Waals surface area contributed by atoms with Crippen LogP contribution in [0.5, 0.6) is 0 Å². The minimum atomic E-state index is -4.98. The van der Waals surface area contributed by atoms with Gasteiger partial charge in [-0.2, -0.15) is 26.3 Å². The number of hydrogen-bond donors (Lipinski definition) is 1. The summed E-state index contributed by atoms with van der Waals surface area (Å²) in [6.07, 6.45) is -11.6. The lowest BCUT2D eigenvalue weighted by atomic mass is 9.87. The second-order valence-corrected chi connectivity index (χ2v) is 8.63. The van der Waals surface area contributed by atoms with Crippen LogP contribution in [-0.4, -0.2) is 35.5 Å². The van der Waals surface area contributed by atoms with Crippen LogP contribution in [-0.2, 0) is 21.9 Å². The number of ether oxygens (including phenoxy) is 1. The molecule has 0 aliphatic carbocycles. The normalized spacial score (nSPS) is 26.1. The number of carbonyl (C=O) groups is 1. The SMILES string of the molecule is C[C@@H](O[C@H]1CN2C(=O)C(N)C[C@H]2C1c1ccc(F)cc1)c1cc(C(F)(F)F)cc(C(F)(F)F)c1. The zero-order chi connectivity index (χ0) is 25.0. The molecule has 2 aromatic carbocycles. The molecule has 2 saturated heterocycles. The van der Waals surface area contributed by atoms with Gasteiger partial charge in [-0.25, -0.2) is 4.39 Å². The van der Waals surface area contributed by atoms with Crippen LogP contribution in [0.2, 0.25) is 0 Å². The molecule has 2 N–H and O–H groups in total. The first-order valence-electron chi connectivity index (χ1n) is 10.5. The van der Waals surface area contributed by atoms with Gasteiger partial charge in [-0.1, -0.05) is 12.1 Å². The van der Waals surface area contributed by atoms with E-state index in [-0.39, 0.29) is 30.1 Å². The fourth-order valence-electron chi connectivity index (χ4n) is 4.79. The van der Waals surface area contributed by atoms with E-state index >= 15 is 0 Å². The molecule has 1 amide bonds. The van der Waals surface area contributed by atoms with Crippen LogP contribution in [0.15, 0.2) is 42.5 Å². The maximum atomic E-state index is 13.5. The van der Waals surface area contributed by atoms with Gasteiger partial charge in [0.25, 0.3) is 0 Å². The first kappa shape index (κ1) is 24.5. The summed E-state index contributed by atoms with van der Waals surface area (Å²) in [5, 5.41) is 0. The number of nitrogens with zero attached hydrogens (tertiary/aromatic N) is 1. The molecule has 2 fully saturated rings. The highest BCUT2D eigenvalue weighted by Gasteiger charge is 2.51. The van der Waals surface area contributed by atoms with Crippen molar-refractivity contribution in [1.82, 2.24) is 4.90 Å². The van der Waals surface area contributed by atoms with E-state index in [1.165, 1.54) is 36.1 Å². The predicted molar refractivity (Wildman–Crippen MR) is 107 cm³/mol. The Morgan fingerprint density at radius 2 is 1.56 bits per heavy atom. The van der Waals surface area contributed by atoms with Gasteiger partial charge in [-0.05, 0) is 54.8 Å². The summed E-state index contributed by atoms with van der Waals surface area (Å²) in [6.45, 7) is 1.42. The monoisotopic (exact) mass is 490 g/mol. The van der Waals surface area contributed by atoms with E-state index in [1.807, 2.05) is 0 Å². The Morgan fingerprint density at radius 1 is 1.00 bits per heavy atom. The number of alkyl halides is 6. The van der Waals surface area contributed by atoms with Gasteiger partial charge in [-0.15, -0.1) is 0 Å². The van der Waals surface area contributed by atoms with Crippen LogP contribution in [0.25, 0.3) is 0 Å². The van der Waals surface area contributed by atoms with Crippen molar-refractivity contribution in [2.24, 2.45) is 5.73 Å². The fraction of sp³-hybridized carbons (Fsp3) is 0.435. The van der Waals surface area contributed by atoms with Gasteiger partial charge in [-0.3, -0.25) is 4.79 Å². The number of carbonyl (C=O) groups excluding carboxylic acids is 1. The zero-order valence-corrected chi connectivity index (χ0v) is 17.8. The maximum Gasteiger partial charge on any atom is 0.416 e. The van der Waals surface area contributed by atoms with Crippen molar-refractivity contribution in [3.05, 3.63) is 70.5 Å². The Hall–Kier alpha value is -2.66. The van der Waals surface area contributed by atoms with Crippen molar-refractivity contribution in [1.29, 1.82) is 0 Å². The van der Waals surface area contributed by atoms with Crippen molar-refractivity contribution in [3.63, 3.8) is 0 Å². The van der Waals surface area contributed by atoms with Crippen LogP contribution in [0, 0.1) is 5.82 Å². The van der Waals surface area contributed by atoms with Crippen molar-refractivity contribution in [3.8, 4) is 0 Å². The van der Waals surface area contributed by atoms with Crippen molar-refractivity contribution < 1.29 is 40.3 Å². The molecule has 2 aliphatic heterocycles. The third kappa shape index (κ3) is 4.63. The summed E-state index contributed by atoms with van der Waals surface area (Å²) >= 11 is 0.